The highest BCUT2D eigenvalue weighted by atomic mass is 35.5. The third kappa shape index (κ3) is 5.90. The minimum Gasteiger partial charge on any atom is -0.379 e. The molecule has 1 saturated heterocycles. The number of benzene rings is 1. The number of anilines is 1. The number of hydrogen-bond donors (Lipinski definition) is 2. The zero-order chi connectivity index (χ0) is 16.9. The van der Waals surface area contributed by atoms with E-state index in [4.69, 9.17) is 10.5 Å². The predicted octanol–water partition coefficient (Wildman–Crippen LogP) is 2.84. The van der Waals surface area contributed by atoms with Gasteiger partial charge in [0.25, 0.3) is 5.91 Å². The van der Waals surface area contributed by atoms with E-state index in [1.54, 1.807) is 5.38 Å². The topological polar surface area (TPSA) is 80.5 Å². The molecule has 0 unspecified atom stereocenters. The highest BCUT2D eigenvalue weighted by Gasteiger charge is 2.14. The Labute approximate surface area is 169 Å². The summed E-state index contributed by atoms with van der Waals surface area (Å²) in [5.41, 5.74) is 9.00. The molecule has 1 aliphatic heterocycles. The smallest absolute Gasteiger partial charge is 0.275 e. The van der Waals surface area contributed by atoms with Gasteiger partial charge in [0.2, 0.25) is 0 Å². The minimum atomic E-state index is -0.197. The molecule has 0 saturated carbocycles. The molecule has 144 valence electrons. The number of morpholine rings is 1. The van der Waals surface area contributed by atoms with Crippen LogP contribution in [-0.2, 0) is 17.8 Å². The summed E-state index contributed by atoms with van der Waals surface area (Å²) in [7, 11) is 0. The third-order valence-corrected chi connectivity index (χ3v) is 4.89. The highest BCUT2D eigenvalue weighted by Crippen LogP contribution is 2.20. The summed E-state index contributed by atoms with van der Waals surface area (Å²) >= 11 is 1.40. The number of hydrogen-bond acceptors (Lipinski definition) is 6. The van der Waals surface area contributed by atoms with Crippen molar-refractivity contribution in [2.75, 3.05) is 31.6 Å². The van der Waals surface area contributed by atoms with Crippen molar-refractivity contribution in [3.63, 3.8) is 0 Å². The molecule has 9 heteroatoms. The molecule has 1 aliphatic rings. The second-order valence-electron chi connectivity index (χ2n) is 5.82. The van der Waals surface area contributed by atoms with Crippen molar-refractivity contribution < 1.29 is 9.53 Å². The van der Waals surface area contributed by atoms with Crippen molar-refractivity contribution in [2.24, 2.45) is 5.73 Å². The predicted molar refractivity (Wildman–Crippen MR) is 110 cm³/mol. The van der Waals surface area contributed by atoms with Crippen molar-refractivity contribution in [1.82, 2.24) is 9.88 Å². The quantitative estimate of drug-likeness (QED) is 0.779. The van der Waals surface area contributed by atoms with E-state index >= 15 is 0 Å². The summed E-state index contributed by atoms with van der Waals surface area (Å²) in [6, 6.07) is 6.19. The first-order valence-corrected chi connectivity index (χ1v) is 8.89. The molecule has 2 heterocycles. The van der Waals surface area contributed by atoms with Crippen molar-refractivity contribution in [3.8, 4) is 0 Å². The van der Waals surface area contributed by atoms with E-state index < -0.39 is 0 Å². The number of nitrogens with one attached hydrogen (secondary N) is 1. The number of ether oxygens (including phenoxy) is 1. The van der Waals surface area contributed by atoms with Gasteiger partial charge >= 0.3 is 0 Å². The maximum absolute atomic E-state index is 12.4. The first kappa shape index (κ1) is 22.8. The van der Waals surface area contributed by atoms with Gasteiger partial charge in [0, 0.05) is 37.2 Å². The standard InChI is InChI=1S/C17H22N4O2S.2ClH/c1-12-2-3-13(10-21-4-6-23-7-5-21)8-14(12)20-17(22)15-11-24-16(9-18)19-15;;/h2-3,8,11H,4-7,9-10,18H2,1H3,(H,20,22);2*1H. The first-order chi connectivity index (χ1) is 11.7. The van der Waals surface area contributed by atoms with Crippen LogP contribution in [0.3, 0.4) is 0 Å². The number of thiazole rings is 1. The number of halogens is 2. The SMILES string of the molecule is Cc1ccc(CN2CCOCC2)cc1NC(=O)c1csc(CN)n1.Cl.Cl. The number of amides is 1. The molecule has 0 spiro atoms. The Kier molecular flexibility index (Phi) is 9.49. The fourth-order valence-corrected chi connectivity index (χ4v) is 3.27. The Morgan fingerprint density at radius 3 is 2.73 bits per heavy atom. The highest BCUT2D eigenvalue weighted by molar-refractivity contribution is 7.09. The van der Waals surface area contributed by atoms with Gasteiger partial charge in [0.1, 0.15) is 10.7 Å². The van der Waals surface area contributed by atoms with Crippen LogP contribution < -0.4 is 11.1 Å². The van der Waals surface area contributed by atoms with Gasteiger partial charge in [0.05, 0.1) is 13.2 Å². The van der Waals surface area contributed by atoms with Gasteiger partial charge in [-0.05, 0) is 24.1 Å². The van der Waals surface area contributed by atoms with E-state index in [9.17, 15) is 4.79 Å². The number of carbonyl (C=O) groups is 1. The molecule has 0 radical (unpaired) electrons. The monoisotopic (exact) mass is 418 g/mol. The Balaban J connectivity index is 0.00000169. The van der Waals surface area contributed by atoms with E-state index in [1.165, 1.54) is 16.9 Å². The number of nitrogens with zero attached hydrogens (tertiary/aromatic N) is 2. The zero-order valence-electron chi connectivity index (χ0n) is 14.6. The maximum Gasteiger partial charge on any atom is 0.275 e. The fraction of sp³-hybridized carbons (Fsp3) is 0.412. The average Bonchev–Trinajstić information content (AvgIpc) is 3.08. The molecule has 1 aromatic carbocycles. The average molecular weight is 419 g/mol. The zero-order valence-corrected chi connectivity index (χ0v) is 17.0. The van der Waals surface area contributed by atoms with Crippen LogP contribution in [0, 0.1) is 6.92 Å². The van der Waals surface area contributed by atoms with Gasteiger partial charge in [-0.1, -0.05) is 12.1 Å². The summed E-state index contributed by atoms with van der Waals surface area (Å²) in [5.74, 6) is -0.197. The molecule has 0 atom stereocenters. The Morgan fingerprint density at radius 2 is 2.08 bits per heavy atom. The molecular weight excluding hydrogens is 395 g/mol. The van der Waals surface area contributed by atoms with Gasteiger partial charge in [-0.15, -0.1) is 36.2 Å². The summed E-state index contributed by atoms with van der Waals surface area (Å²) in [4.78, 5) is 18.9. The van der Waals surface area contributed by atoms with Crippen molar-refractivity contribution in [2.45, 2.75) is 20.0 Å². The molecule has 1 amide bonds. The second-order valence-corrected chi connectivity index (χ2v) is 6.77. The molecule has 2 aromatic rings. The summed E-state index contributed by atoms with van der Waals surface area (Å²) in [6.45, 7) is 6.64. The number of rotatable bonds is 5. The van der Waals surface area contributed by atoms with Crippen molar-refractivity contribution >= 4 is 47.7 Å². The van der Waals surface area contributed by atoms with E-state index in [0.717, 1.165) is 49.1 Å². The summed E-state index contributed by atoms with van der Waals surface area (Å²) < 4.78 is 5.38. The van der Waals surface area contributed by atoms with Gasteiger partial charge in [-0.3, -0.25) is 9.69 Å². The van der Waals surface area contributed by atoms with Crippen LogP contribution in [0.25, 0.3) is 0 Å². The van der Waals surface area contributed by atoms with Crippen LogP contribution in [0.4, 0.5) is 5.69 Å². The van der Waals surface area contributed by atoms with E-state index in [2.05, 4.69) is 21.3 Å². The first-order valence-electron chi connectivity index (χ1n) is 8.01. The molecule has 0 aliphatic carbocycles. The third-order valence-electron chi connectivity index (χ3n) is 4.02. The number of aromatic nitrogens is 1. The van der Waals surface area contributed by atoms with E-state index in [0.29, 0.717) is 12.2 Å². The lowest BCUT2D eigenvalue weighted by Gasteiger charge is -2.26. The molecule has 26 heavy (non-hydrogen) atoms. The molecule has 1 fully saturated rings. The molecule has 3 rings (SSSR count). The molecule has 1 aromatic heterocycles. The lowest BCUT2D eigenvalue weighted by Crippen LogP contribution is -2.35. The van der Waals surface area contributed by atoms with Gasteiger partial charge in [-0.2, -0.15) is 0 Å². The number of nitrogens with two attached hydrogens (primary N) is 1. The second kappa shape index (κ2) is 10.8. The van der Waals surface area contributed by atoms with Gasteiger partial charge in [-0.25, -0.2) is 4.98 Å². The van der Waals surface area contributed by atoms with Crippen LogP contribution in [-0.4, -0.2) is 42.1 Å². The Hall–Kier alpha value is -1.22. The fourth-order valence-electron chi connectivity index (χ4n) is 2.61. The van der Waals surface area contributed by atoms with Gasteiger partial charge < -0.3 is 15.8 Å². The Bertz CT molecular complexity index is 721. The number of carbonyl (C=O) groups excluding carboxylic acids is 1. The molecule has 6 nitrogen and oxygen atoms in total. The van der Waals surface area contributed by atoms with Crippen molar-refractivity contribution in [1.29, 1.82) is 0 Å². The normalized spacial score (nSPS) is 14.2. The lowest BCUT2D eigenvalue weighted by atomic mass is 10.1. The molecule has 0 bridgehead atoms. The number of aryl methyl sites for hydroxylation is 1. The van der Waals surface area contributed by atoms with Crippen LogP contribution in [0.1, 0.15) is 26.6 Å². The Morgan fingerprint density at radius 1 is 1.35 bits per heavy atom. The van der Waals surface area contributed by atoms with E-state index in [1.807, 2.05) is 19.1 Å². The van der Waals surface area contributed by atoms with Gasteiger partial charge in [0.15, 0.2) is 0 Å². The van der Waals surface area contributed by atoms with Crippen molar-refractivity contribution in [3.05, 3.63) is 45.4 Å². The molecular formula is C17H24Cl2N4O2S. The largest absolute Gasteiger partial charge is 0.379 e. The summed E-state index contributed by atoms with van der Waals surface area (Å²) in [6.07, 6.45) is 0. The van der Waals surface area contributed by atoms with Crippen LogP contribution in [0.2, 0.25) is 0 Å². The van der Waals surface area contributed by atoms with Crippen LogP contribution in [0.5, 0.6) is 0 Å². The van der Waals surface area contributed by atoms with Crippen LogP contribution >= 0.6 is 36.2 Å². The lowest BCUT2D eigenvalue weighted by molar-refractivity contribution is 0.0342. The maximum atomic E-state index is 12.4. The summed E-state index contributed by atoms with van der Waals surface area (Å²) in [5, 5.41) is 5.47. The van der Waals surface area contributed by atoms with E-state index in [-0.39, 0.29) is 30.7 Å². The molecule has 3 N–H and O–H groups in total. The van der Waals surface area contributed by atoms with Crippen LogP contribution in [0.15, 0.2) is 23.6 Å². The minimum absolute atomic E-state index is 0.